The first kappa shape index (κ1) is 16.4. The first-order valence-electron chi connectivity index (χ1n) is 6.91. The minimum Gasteiger partial charge on any atom is -0.497 e. The van der Waals surface area contributed by atoms with Gasteiger partial charge in [-0.05, 0) is 54.2 Å². The Morgan fingerprint density at radius 1 is 0.958 bits per heavy atom. The van der Waals surface area contributed by atoms with Crippen molar-refractivity contribution in [2.45, 2.75) is 10.4 Å². The van der Waals surface area contributed by atoms with Crippen LogP contribution in [0.3, 0.4) is 0 Å². The van der Waals surface area contributed by atoms with Crippen molar-refractivity contribution in [3.63, 3.8) is 0 Å². The molecule has 24 heavy (non-hydrogen) atoms. The highest BCUT2D eigenvalue weighted by atomic mass is 32.2. The van der Waals surface area contributed by atoms with Crippen LogP contribution in [-0.2, 0) is 0 Å². The van der Waals surface area contributed by atoms with E-state index in [1.165, 1.54) is 24.3 Å². The quantitative estimate of drug-likeness (QED) is 0.569. The first-order chi connectivity index (χ1) is 11.4. The van der Waals surface area contributed by atoms with E-state index in [9.17, 15) is 13.2 Å². The van der Waals surface area contributed by atoms with E-state index < -0.39 is 5.51 Å². The molecule has 3 rings (SSSR count). The molecule has 0 saturated heterocycles. The Morgan fingerprint density at radius 2 is 1.67 bits per heavy atom. The number of rotatable bonds is 4. The second-order valence-corrected chi connectivity index (χ2v) is 5.95. The number of ether oxygens (including phenoxy) is 2. The lowest BCUT2D eigenvalue weighted by atomic mass is 10.2. The third kappa shape index (κ3) is 3.91. The SMILES string of the molecule is COc1ccc2c(Oc3ccc(SC(F)(F)F)cc3)ccnc2c1. The summed E-state index contributed by atoms with van der Waals surface area (Å²) in [4.78, 5) is 4.37. The van der Waals surface area contributed by atoms with Gasteiger partial charge in [0, 0.05) is 22.5 Å². The van der Waals surface area contributed by atoms with Gasteiger partial charge >= 0.3 is 5.51 Å². The molecule has 0 atom stereocenters. The third-order valence-corrected chi connectivity index (χ3v) is 3.93. The average Bonchev–Trinajstić information content (AvgIpc) is 2.55. The molecule has 0 radical (unpaired) electrons. The number of methoxy groups -OCH3 is 1. The number of hydrogen-bond donors (Lipinski definition) is 0. The molecule has 0 bridgehead atoms. The van der Waals surface area contributed by atoms with Gasteiger partial charge in [0.05, 0.1) is 12.6 Å². The van der Waals surface area contributed by atoms with Crippen LogP contribution in [0, 0.1) is 0 Å². The molecule has 0 aliphatic heterocycles. The van der Waals surface area contributed by atoms with E-state index in [-0.39, 0.29) is 16.7 Å². The van der Waals surface area contributed by atoms with Crippen molar-refractivity contribution in [3.8, 4) is 17.2 Å². The number of hydrogen-bond acceptors (Lipinski definition) is 4. The Hall–Kier alpha value is -2.41. The van der Waals surface area contributed by atoms with Crippen molar-refractivity contribution >= 4 is 22.7 Å². The summed E-state index contributed by atoms with van der Waals surface area (Å²) in [5.41, 5.74) is -3.60. The zero-order chi connectivity index (χ0) is 17.2. The molecule has 3 nitrogen and oxygen atoms in total. The predicted octanol–water partition coefficient (Wildman–Crippen LogP) is 5.65. The van der Waals surface area contributed by atoms with Crippen LogP contribution in [0.1, 0.15) is 0 Å². The molecule has 0 fully saturated rings. The monoisotopic (exact) mass is 351 g/mol. The predicted molar refractivity (Wildman–Crippen MR) is 86.7 cm³/mol. The summed E-state index contributed by atoms with van der Waals surface area (Å²) in [5, 5.41) is 0.784. The second-order valence-electron chi connectivity index (χ2n) is 4.81. The molecular weight excluding hydrogens is 339 g/mol. The van der Waals surface area contributed by atoms with Crippen molar-refractivity contribution in [3.05, 3.63) is 54.7 Å². The number of pyridine rings is 1. The summed E-state index contributed by atoms with van der Waals surface area (Å²) >= 11 is -0.157. The minimum atomic E-state index is -4.30. The maximum atomic E-state index is 12.3. The van der Waals surface area contributed by atoms with Crippen molar-refractivity contribution in [2.75, 3.05) is 7.11 Å². The van der Waals surface area contributed by atoms with Crippen molar-refractivity contribution in [1.29, 1.82) is 0 Å². The van der Waals surface area contributed by atoms with Crippen LogP contribution in [0.2, 0.25) is 0 Å². The normalized spacial score (nSPS) is 11.5. The lowest BCUT2D eigenvalue weighted by molar-refractivity contribution is -0.0328. The highest BCUT2D eigenvalue weighted by Crippen LogP contribution is 2.38. The highest BCUT2D eigenvalue weighted by molar-refractivity contribution is 8.00. The molecule has 0 N–H and O–H groups in total. The Bertz CT molecular complexity index is 851. The van der Waals surface area contributed by atoms with Gasteiger partial charge < -0.3 is 9.47 Å². The van der Waals surface area contributed by atoms with Gasteiger partial charge in [0.25, 0.3) is 0 Å². The Morgan fingerprint density at radius 3 is 2.33 bits per heavy atom. The molecule has 2 aromatic carbocycles. The zero-order valence-electron chi connectivity index (χ0n) is 12.5. The van der Waals surface area contributed by atoms with Crippen LogP contribution >= 0.6 is 11.8 Å². The number of halogens is 3. The van der Waals surface area contributed by atoms with Crippen molar-refractivity contribution < 1.29 is 22.6 Å². The molecule has 0 amide bonds. The van der Waals surface area contributed by atoms with Crippen LogP contribution < -0.4 is 9.47 Å². The van der Waals surface area contributed by atoms with Crippen LogP contribution in [-0.4, -0.2) is 17.6 Å². The van der Waals surface area contributed by atoms with E-state index in [1.54, 1.807) is 31.5 Å². The van der Waals surface area contributed by atoms with E-state index in [2.05, 4.69) is 4.98 Å². The average molecular weight is 351 g/mol. The molecular formula is C17H12F3NO2S. The number of aromatic nitrogens is 1. The lowest BCUT2D eigenvalue weighted by Crippen LogP contribution is -1.98. The standard InChI is InChI=1S/C17H12F3NO2S/c1-22-12-4-7-14-15(10-12)21-9-8-16(14)23-11-2-5-13(6-3-11)24-17(18,19)20/h2-10H,1H3. The topological polar surface area (TPSA) is 31.4 Å². The summed E-state index contributed by atoms with van der Waals surface area (Å²) in [6, 6.07) is 12.9. The van der Waals surface area contributed by atoms with Crippen LogP contribution in [0.4, 0.5) is 13.2 Å². The fraction of sp³-hybridized carbons (Fsp3) is 0.118. The lowest BCUT2D eigenvalue weighted by Gasteiger charge is -2.10. The molecule has 1 aromatic heterocycles. The zero-order valence-corrected chi connectivity index (χ0v) is 13.3. The van der Waals surface area contributed by atoms with E-state index in [0.717, 1.165) is 5.39 Å². The Balaban J connectivity index is 1.84. The van der Waals surface area contributed by atoms with Crippen LogP contribution in [0.25, 0.3) is 10.9 Å². The largest absolute Gasteiger partial charge is 0.497 e. The maximum absolute atomic E-state index is 12.3. The molecule has 7 heteroatoms. The van der Waals surface area contributed by atoms with E-state index in [1.807, 2.05) is 6.07 Å². The smallest absolute Gasteiger partial charge is 0.446 e. The number of thioether (sulfide) groups is 1. The maximum Gasteiger partial charge on any atom is 0.446 e. The third-order valence-electron chi connectivity index (χ3n) is 3.20. The van der Waals surface area contributed by atoms with Gasteiger partial charge in [0.1, 0.15) is 17.2 Å². The van der Waals surface area contributed by atoms with E-state index >= 15 is 0 Å². The van der Waals surface area contributed by atoms with Gasteiger partial charge in [-0.25, -0.2) is 0 Å². The number of alkyl halides is 3. The Labute approximate surface area is 140 Å². The van der Waals surface area contributed by atoms with Gasteiger partial charge in [-0.1, -0.05) is 0 Å². The molecule has 124 valence electrons. The fourth-order valence-electron chi connectivity index (χ4n) is 2.15. The van der Waals surface area contributed by atoms with E-state index in [4.69, 9.17) is 9.47 Å². The van der Waals surface area contributed by atoms with Gasteiger partial charge in [0.15, 0.2) is 0 Å². The van der Waals surface area contributed by atoms with Crippen molar-refractivity contribution in [1.82, 2.24) is 4.98 Å². The van der Waals surface area contributed by atoms with Gasteiger partial charge in [-0.15, -0.1) is 0 Å². The first-order valence-corrected chi connectivity index (χ1v) is 7.73. The summed E-state index contributed by atoms with van der Waals surface area (Å²) < 4.78 is 48.0. The Kier molecular flexibility index (Phi) is 4.53. The van der Waals surface area contributed by atoms with Crippen LogP contribution in [0.5, 0.6) is 17.2 Å². The van der Waals surface area contributed by atoms with E-state index in [0.29, 0.717) is 22.8 Å². The molecule has 0 spiro atoms. The van der Waals surface area contributed by atoms with Gasteiger partial charge in [0.2, 0.25) is 0 Å². The fourth-order valence-corrected chi connectivity index (χ4v) is 2.69. The number of nitrogens with zero attached hydrogens (tertiary/aromatic N) is 1. The molecule has 1 heterocycles. The van der Waals surface area contributed by atoms with Gasteiger partial charge in [-0.3, -0.25) is 4.98 Å². The summed E-state index contributed by atoms with van der Waals surface area (Å²) in [5.74, 6) is 1.70. The number of fused-ring (bicyclic) bond motifs is 1. The van der Waals surface area contributed by atoms with Gasteiger partial charge in [-0.2, -0.15) is 13.2 Å². The molecule has 0 saturated carbocycles. The molecule has 0 aliphatic rings. The molecule has 0 aliphatic carbocycles. The molecule has 3 aromatic rings. The highest BCUT2D eigenvalue weighted by Gasteiger charge is 2.29. The minimum absolute atomic E-state index is 0.110. The summed E-state index contributed by atoms with van der Waals surface area (Å²) in [7, 11) is 1.57. The van der Waals surface area contributed by atoms with Crippen LogP contribution in [0.15, 0.2) is 59.6 Å². The molecule has 0 unspecified atom stereocenters. The number of benzene rings is 2. The summed E-state index contributed by atoms with van der Waals surface area (Å²) in [6.07, 6.45) is 1.60. The van der Waals surface area contributed by atoms with Crippen molar-refractivity contribution in [2.24, 2.45) is 0 Å². The summed E-state index contributed by atoms with van der Waals surface area (Å²) in [6.45, 7) is 0. The second kappa shape index (κ2) is 6.60.